The summed E-state index contributed by atoms with van der Waals surface area (Å²) in [6.45, 7) is 0. The molecule has 3 rings (SSSR count). The van der Waals surface area contributed by atoms with Crippen LogP contribution in [0.5, 0.6) is 16.7 Å². The molecule has 1 heterocycles. The number of benzene rings is 2. The first kappa shape index (κ1) is 13.0. The second-order valence-electron chi connectivity index (χ2n) is 4.11. The molecule has 0 aliphatic carbocycles. The van der Waals surface area contributed by atoms with Crippen molar-refractivity contribution in [1.29, 1.82) is 0 Å². The number of anilines is 1. The topological polar surface area (TPSA) is 57.4 Å². The summed E-state index contributed by atoms with van der Waals surface area (Å²) in [5, 5.41) is 1.05. The Morgan fingerprint density at radius 2 is 2.10 bits per heavy atom. The molecule has 0 amide bonds. The number of nitrogens with zero attached hydrogens (tertiary/aromatic N) is 1. The van der Waals surface area contributed by atoms with Crippen molar-refractivity contribution in [2.24, 2.45) is 0 Å². The molecule has 2 N–H and O–H groups in total. The Bertz CT molecular complexity index is 753. The van der Waals surface area contributed by atoms with Crippen LogP contribution in [0.25, 0.3) is 10.2 Å². The Morgan fingerprint density at radius 1 is 1.25 bits per heavy atom. The van der Waals surface area contributed by atoms with E-state index >= 15 is 0 Å². The Morgan fingerprint density at radius 3 is 2.85 bits per heavy atom. The summed E-state index contributed by atoms with van der Waals surface area (Å²) in [4.78, 5) is 4.43. The van der Waals surface area contributed by atoms with Gasteiger partial charge in [0.1, 0.15) is 17.0 Å². The number of nitrogens with two attached hydrogens (primary N) is 1. The maximum Gasteiger partial charge on any atom is 0.279 e. The third-order valence-electron chi connectivity index (χ3n) is 2.68. The van der Waals surface area contributed by atoms with Crippen LogP contribution < -0.4 is 15.2 Å². The monoisotopic (exact) mass is 306 g/mol. The standard InChI is InChI=1S/C14H11ClN2O2S/c1-18-11-3-2-4-12-13(11)17-14(20-12)19-10-6-8(15)5-9(16)7-10/h2-7H,16H2,1H3. The summed E-state index contributed by atoms with van der Waals surface area (Å²) < 4.78 is 12.0. The lowest BCUT2D eigenvalue weighted by atomic mass is 10.3. The lowest BCUT2D eigenvalue weighted by molar-refractivity contribution is 0.418. The Balaban J connectivity index is 1.98. The van der Waals surface area contributed by atoms with E-state index in [-0.39, 0.29) is 0 Å². The van der Waals surface area contributed by atoms with Crippen molar-refractivity contribution < 1.29 is 9.47 Å². The van der Waals surface area contributed by atoms with Gasteiger partial charge in [-0.3, -0.25) is 0 Å². The molecule has 0 bridgehead atoms. The van der Waals surface area contributed by atoms with Crippen LogP contribution in [0.4, 0.5) is 5.69 Å². The predicted octanol–water partition coefficient (Wildman–Crippen LogP) is 4.33. The van der Waals surface area contributed by atoms with Crippen LogP contribution in [-0.2, 0) is 0 Å². The van der Waals surface area contributed by atoms with Crippen LogP contribution in [0.15, 0.2) is 36.4 Å². The quantitative estimate of drug-likeness (QED) is 0.732. The van der Waals surface area contributed by atoms with E-state index in [1.54, 1.807) is 25.3 Å². The van der Waals surface area contributed by atoms with E-state index in [9.17, 15) is 0 Å². The van der Waals surface area contributed by atoms with Crippen molar-refractivity contribution in [3.05, 3.63) is 41.4 Å². The van der Waals surface area contributed by atoms with Crippen LogP contribution in [0.1, 0.15) is 0 Å². The van der Waals surface area contributed by atoms with E-state index in [4.69, 9.17) is 26.8 Å². The highest BCUT2D eigenvalue weighted by atomic mass is 35.5. The zero-order valence-electron chi connectivity index (χ0n) is 10.6. The van der Waals surface area contributed by atoms with E-state index in [1.165, 1.54) is 11.3 Å². The Kier molecular flexibility index (Phi) is 3.38. The number of rotatable bonds is 3. The molecule has 0 saturated carbocycles. The number of ether oxygens (including phenoxy) is 2. The maximum atomic E-state index is 5.95. The normalized spacial score (nSPS) is 10.7. The lowest BCUT2D eigenvalue weighted by Gasteiger charge is -2.03. The Hall–Kier alpha value is -1.98. The molecule has 20 heavy (non-hydrogen) atoms. The number of hydrogen-bond acceptors (Lipinski definition) is 5. The molecule has 0 radical (unpaired) electrons. The third kappa shape index (κ3) is 2.50. The number of para-hydroxylation sites is 1. The van der Waals surface area contributed by atoms with Gasteiger partial charge in [-0.2, -0.15) is 4.98 Å². The predicted molar refractivity (Wildman–Crippen MR) is 82.1 cm³/mol. The van der Waals surface area contributed by atoms with E-state index < -0.39 is 0 Å². The zero-order valence-corrected chi connectivity index (χ0v) is 12.2. The number of hydrogen-bond donors (Lipinski definition) is 1. The van der Waals surface area contributed by atoms with Gasteiger partial charge >= 0.3 is 0 Å². The SMILES string of the molecule is COc1cccc2sc(Oc3cc(N)cc(Cl)c3)nc12. The van der Waals surface area contributed by atoms with Crippen molar-refractivity contribution in [2.75, 3.05) is 12.8 Å². The number of aromatic nitrogens is 1. The summed E-state index contributed by atoms with van der Waals surface area (Å²) >= 11 is 7.38. The highest BCUT2D eigenvalue weighted by Gasteiger charge is 2.10. The summed E-state index contributed by atoms with van der Waals surface area (Å²) in [6, 6.07) is 10.8. The van der Waals surface area contributed by atoms with E-state index in [2.05, 4.69) is 4.98 Å². The van der Waals surface area contributed by atoms with Gasteiger partial charge in [0, 0.05) is 16.8 Å². The maximum absolute atomic E-state index is 5.95. The van der Waals surface area contributed by atoms with Gasteiger partial charge in [-0.25, -0.2) is 0 Å². The number of fused-ring (bicyclic) bond motifs is 1. The van der Waals surface area contributed by atoms with Crippen molar-refractivity contribution in [3.8, 4) is 16.7 Å². The number of halogens is 1. The summed E-state index contributed by atoms with van der Waals surface area (Å²) in [7, 11) is 1.62. The van der Waals surface area contributed by atoms with Crippen LogP contribution in [0, 0.1) is 0 Å². The van der Waals surface area contributed by atoms with Gasteiger partial charge in [-0.15, -0.1) is 0 Å². The van der Waals surface area contributed by atoms with Crippen molar-refractivity contribution in [2.45, 2.75) is 0 Å². The van der Waals surface area contributed by atoms with E-state index in [0.717, 1.165) is 16.0 Å². The van der Waals surface area contributed by atoms with Crippen LogP contribution in [-0.4, -0.2) is 12.1 Å². The molecule has 4 nitrogen and oxygen atoms in total. The summed E-state index contributed by atoms with van der Waals surface area (Å²) in [5.41, 5.74) is 7.06. The molecule has 2 aromatic carbocycles. The van der Waals surface area contributed by atoms with E-state index in [0.29, 0.717) is 21.7 Å². The van der Waals surface area contributed by atoms with Gasteiger partial charge in [0.05, 0.1) is 11.8 Å². The molecular weight excluding hydrogens is 296 g/mol. The molecule has 0 atom stereocenters. The molecule has 0 spiro atoms. The van der Waals surface area contributed by atoms with Crippen molar-refractivity contribution in [1.82, 2.24) is 4.98 Å². The number of methoxy groups -OCH3 is 1. The highest BCUT2D eigenvalue weighted by molar-refractivity contribution is 7.20. The van der Waals surface area contributed by atoms with Crippen LogP contribution >= 0.6 is 22.9 Å². The fourth-order valence-corrected chi connectivity index (χ4v) is 2.94. The van der Waals surface area contributed by atoms with Crippen LogP contribution in [0.3, 0.4) is 0 Å². The molecule has 3 aromatic rings. The average Bonchev–Trinajstić information content (AvgIpc) is 2.79. The highest BCUT2D eigenvalue weighted by Crippen LogP contribution is 2.36. The average molecular weight is 307 g/mol. The van der Waals surface area contributed by atoms with Crippen LogP contribution in [0.2, 0.25) is 5.02 Å². The Labute approximate surface area is 124 Å². The van der Waals surface area contributed by atoms with Gasteiger partial charge < -0.3 is 15.2 Å². The summed E-state index contributed by atoms with van der Waals surface area (Å²) in [5.74, 6) is 1.28. The van der Waals surface area contributed by atoms with E-state index in [1.807, 2.05) is 18.2 Å². The van der Waals surface area contributed by atoms with Gasteiger partial charge in [0.15, 0.2) is 0 Å². The molecule has 102 valence electrons. The second kappa shape index (κ2) is 5.19. The molecule has 0 unspecified atom stereocenters. The summed E-state index contributed by atoms with van der Waals surface area (Å²) in [6.07, 6.45) is 0. The van der Waals surface area contributed by atoms with Gasteiger partial charge in [-0.05, 0) is 24.3 Å². The van der Waals surface area contributed by atoms with Crippen molar-refractivity contribution in [3.63, 3.8) is 0 Å². The van der Waals surface area contributed by atoms with Gasteiger partial charge in [0.25, 0.3) is 5.19 Å². The molecule has 0 fully saturated rings. The second-order valence-corrected chi connectivity index (χ2v) is 5.54. The first-order valence-corrected chi connectivity index (χ1v) is 7.02. The first-order valence-electron chi connectivity index (χ1n) is 5.83. The number of thiazole rings is 1. The van der Waals surface area contributed by atoms with Gasteiger partial charge in [-0.1, -0.05) is 29.0 Å². The molecule has 0 saturated heterocycles. The third-order valence-corrected chi connectivity index (χ3v) is 3.80. The van der Waals surface area contributed by atoms with Gasteiger partial charge in [0.2, 0.25) is 0 Å². The minimum atomic E-state index is 0.520. The minimum absolute atomic E-state index is 0.520. The minimum Gasteiger partial charge on any atom is -0.494 e. The fourth-order valence-electron chi connectivity index (χ4n) is 1.86. The largest absolute Gasteiger partial charge is 0.494 e. The zero-order chi connectivity index (χ0) is 14.1. The van der Waals surface area contributed by atoms with Crippen molar-refractivity contribution >= 4 is 38.8 Å². The number of nitrogen functional groups attached to an aromatic ring is 1. The fraction of sp³-hybridized carbons (Fsp3) is 0.0714. The molecule has 1 aromatic heterocycles. The lowest BCUT2D eigenvalue weighted by Crippen LogP contribution is -1.88. The first-order chi connectivity index (χ1) is 9.65. The molecule has 0 aliphatic rings. The molecule has 6 heteroatoms. The molecular formula is C14H11ClN2O2S. The smallest absolute Gasteiger partial charge is 0.279 e. The molecule has 0 aliphatic heterocycles.